The van der Waals surface area contributed by atoms with Gasteiger partial charge in [-0.25, -0.2) is 0 Å². The average Bonchev–Trinajstić information content (AvgIpc) is 3.76. The second-order valence-corrected chi connectivity index (χ2v) is 15.9. The van der Waals surface area contributed by atoms with Gasteiger partial charge in [-0.1, -0.05) is 61.4 Å². The molecule has 3 fully saturated rings. The molecule has 0 spiro atoms. The van der Waals surface area contributed by atoms with Gasteiger partial charge in [0.15, 0.2) is 6.61 Å². The number of fused-ring (bicyclic) bond motifs is 9. The predicted molar refractivity (Wildman–Crippen MR) is 180 cm³/mol. The molecule has 228 valence electrons. The molecule has 45 heavy (non-hydrogen) atoms. The summed E-state index contributed by atoms with van der Waals surface area (Å²) in [5.41, 5.74) is 2.13. The number of aromatic nitrogens is 1. The number of benzene rings is 3. The molecule has 2 saturated carbocycles. The van der Waals surface area contributed by atoms with E-state index in [0.717, 1.165) is 30.8 Å². The van der Waals surface area contributed by atoms with E-state index in [1.807, 2.05) is 60.7 Å². The number of halogens is 2. The normalized spacial score (nSPS) is 27.7. The highest BCUT2D eigenvalue weighted by Gasteiger charge is 2.69. The van der Waals surface area contributed by atoms with Crippen LogP contribution in [0.15, 0.2) is 91.6 Å². The number of nitrogens with zero attached hydrogens (tertiary/aromatic N) is 1. The van der Waals surface area contributed by atoms with Crippen LogP contribution in [0.1, 0.15) is 22.8 Å². The first-order valence-electron chi connectivity index (χ1n) is 14.6. The van der Waals surface area contributed by atoms with Crippen LogP contribution in [0.3, 0.4) is 0 Å². The fourth-order valence-electron chi connectivity index (χ4n) is 7.97. The molecule has 1 saturated heterocycles. The Labute approximate surface area is 283 Å². The molecule has 2 bridgehead atoms. The number of rotatable bonds is 6. The molecule has 2 aliphatic heterocycles. The molecular formula is C33H25Br2N3O5S2. The number of aromatic amines is 1. The molecule has 7 atom stereocenters. The first-order chi connectivity index (χ1) is 21.8. The van der Waals surface area contributed by atoms with Gasteiger partial charge in [-0.05, 0) is 78.8 Å². The summed E-state index contributed by atoms with van der Waals surface area (Å²) in [7, 11) is 0. The van der Waals surface area contributed by atoms with Crippen molar-refractivity contribution >= 4 is 84.1 Å². The smallest absolute Gasteiger partial charge is 0.305 e. The Balaban J connectivity index is 1.15. The fraction of sp³-hybridized carbons (Fsp3) is 0.273. The van der Waals surface area contributed by atoms with Crippen molar-refractivity contribution in [2.75, 3.05) is 16.8 Å². The highest BCUT2D eigenvalue weighted by atomic mass is 79.9. The summed E-state index contributed by atoms with van der Waals surface area (Å²) in [4.78, 5) is 58.7. The Bertz CT molecular complexity index is 1910. The van der Waals surface area contributed by atoms with Crippen LogP contribution in [0, 0.1) is 29.6 Å². The molecule has 3 amide bonds. The Morgan fingerprint density at radius 2 is 1.64 bits per heavy atom. The van der Waals surface area contributed by atoms with Crippen LogP contribution in [0.25, 0.3) is 0 Å². The number of thioether (sulfide) groups is 1. The molecule has 12 heteroatoms. The lowest BCUT2D eigenvalue weighted by Gasteiger charge is -2.43. The maximum absolute atomic E-state index is 14.0. The van der Waals surface area contributed by atoms with Crippen LogP contribution < -0.4 is 19.8 Å². The molecule has 0 unspecified atom stereocenters. The largest absolute Gasteiger partial charge is 0.483 e. The zero-order valence-electron chi connectivity index (χ0n) is 23.4. The van der Waals surface area contributed by atoms with Gasteiger partial charge in [0.1, 0.15) is 5.75 Å². The lowest BCUT2D eigenvalue weighted by Crippen LogP contribution is -2.42. The van der Waals surface area contributed by atoms with E-state index in [4.69, 9.17) is 4.74 Å². The number of para-hydroxylation sites is 1. The van der Waals surface area contributed by atoms with Gasteiger partial charge in [0.2, 0.25) is 11.8 Å². The summed E-state index contributed by atoms with van der Waals surface area (Å²) in [6.07, 6.45) is 0.780. The zero-order chi connectivity index (χ0) is 31.0. The number of amides is 3. The summed E-state index contributed by atoms with van der Waals surface area (Å²) in [5.74, 6) is -1.10. The monoisotopic (exact) mass is 765 g/mol. The lowest BCUT2D eigenvalue weighted by molar-refractivity contribution is -0.123. The van der Waals surface area contributed by atoms with Crippen molar-refractivity contribution in [1.29, 1.82) is 0 Å². The third kappa shape index (κ3) is 4.83. The Hall–Kier alpha value is -3.19. The molecule has 8 rings (SSSR count). The van der Waals surface area contributed by atoms with E-state index >= 15 is 0 Å². The third-order valence-electron chi connectivity index (χ3n) is 9.53. The Morgan fingerprint density at radius 1 is 0.933 bits per heavy atom. The first kappa shape index (κ1) is 29.2. The van der Waals surface area contributed by atoms with Gasteiger partial charge in [-0.3, -0.25) is 24.1 Å². The van der Waals surface area contributed by atoms with E-state index < -0.39 is 5.92 Å². The van der Waals surface area contributed by atoms with Gasteiger partial charge in [0.25, 0.3) is 5.91 Å². The van der Waals surface area contributed by atoms with Crippen molar-refractivity contribution in [2.45, 2.75) is 22.6 Å². The number of carbonyl (C=O) groups is 3. The van der Waals surface area contributed by atoms with Crippen molar-refractivity contribution in [3.63, 3.8) is 0 Å². The quantitative estimate of drug-likeness (QED) is 0.213. The van der Waals surface area contributed by atoms with E-state index in [1.165, 1.54) is 16.2 Å². The minimum absolute atomic E-state index is 0.000813. The van der Waals surface area contributed by atoms with Gasteiger partial charge < -0.3 is 15.0 Å². The van der Waals surface area contributed by atoms with Crippen LogP contribution in [0.2, 0.25) is 0 Å². The van der Waals surface area contributed by atoms with Crippen molar-refractivity contribution in [3.8, 4) is 5.75 Å². The summed E-state index contributed by atoms with van der Waals surface area (Å²) >= 11 is 9.90. The van der Waals surface area contributed by atoms with Gasteiger partial charge >= 0.3 is 4.87 Å². The van der Waals surface area contributed by atoms with Gasteiger partial charge in [0, 0.05) is 36.2 Å². The molecule has 4 aliphatic rings. The summed E-state index contributed by atoms with van der Waals surface area (Å²) in [6, 6.07) is 22.2. The number of H-pyrrole nitrogens is 1. The number of anilines is 2. The molecular weight excluding hydrogens is 742 g/mol. The van der Waals surface area contributed by atoms with Crippen molar-refractivity contribution in [1.82, 2.24) is 4.98 Å². The average molecular weight is 768 g/mol. The number of hydrogen-bond acceptors (Lipinski definition) is 7. The lowest BCUT2D eigenvalue weighted by atomic mass is 9.68. The second kappa shape index (κ2) is 11.3. The molecule has 2 N–H and O–H groups in total. The van der Waals surface area contributed by atoms with Crippen molar-refractivity contribution < 1.29 is 19.1 Å². The molecule has 3 aromatic carbocycles. The fourth-order valence-corrected chi connectivity index (χ4v) is 11.5. The predicted octanol–water partition coefficient (Wildman–Crippen LogP) is 6.66. The van der Waals surface area contributed by atoms with E-state index in [9.17, 15) is 19.2 Å². The molecule has 3 heterocycles. The highest BCUT2D eigenvalue weighted by Crippen LogP contribution is 2.69. The van der Waals surface area contributed by atoms with Gasteiger partial charge in [0.05, 0.1) is 22.5 Å². The summed E-state index contributed by atoms with van der Waals surface area (Å²) in [6.45, 7) is -0.193. The van der Waals surface area contributed by atoms with Crippen LogP contribution in [0.4, 0.5) is 11.4 Å². The Morgan fingerprint density at radius 3 is 2.40 bits per heavy atom. The minimum atomic E-state index is -0.416. The number of imide groups is 1. The van der Waals surface area contributed by atoms with E-state index in [2.05, 4.69) is 42.2 Å². The summed E-state index contributed by atoms with van der Waals surface area (Å²) < 4.78 is 7.90. The van der Waals surface area contributed by atoms with Crippen LogP contribution in [-0.4, -0.2) is 34.6 Å². The standard InChI is InChI=1S/C33H25Br2N3O5S2/c34-15-6-9-18(10-7-15)38-31(40)26-20-13-21(27(26)32(38)41)28-25(20)24(29-30(44-28)37-33(42)45-29)19-12-16(35)8-11-22(19)43-14-23(39)36-17-4-2-1-3-5-17/h1-12,20-21,24-28H,13-14H2,(H,36,39)(H,37,42)/t20-,21-,24+,25-,26+,27+,28-/m1/s1. The van der Waals surface area contributed by atoms with E-state index in [-0.39, 0.29) is 64.0 Å². The maximum Gasteiger partial charge on any atom is 0.305 e. The second-order valence-electron chi connectivity index (χ2n) is 11.8. The molecule has 4 aromatic rings. The first-order valence-corrected chi connectivity index (χ1v) is 17.9. The highest BCUT2D eigenvalue weighted by molar-refractivity contribution is 9.10. The molecule has 2 aliphatic carbocycles. The molecule has 8 nitrogen and oxygen atoms in total. The van der Waals surface area contributed by atoms with E-state index in [0.29, 0.717) is 17.1 Å². The number of nitrogens with one attached hydrogen (secondary N) is 2. The SMILES string of the molecule is O=C(COc1ccc(Br)cc1[C@@H]1c2sc(=O)[nH]c2S[C@@H]2[C@@H]3C[C@@H]([C@@H]4C(=O)N(c5ccc(Br)cc5)C(=O)[C@@H]34)[C@H]12)Nc1ccccc1. The van der Waals surface area contributed by atoms with Crippen LogP contribution >= 0.6 is 55.0 Å². The van der Waals surface area contributed by atoms with Crippen molar-refractivity contribution in [2.24, 2.45) is 29.6 Å². The van der Waals surface area contributed by atoms with Crippen LogP contribution in [-0.2, 0) is 14.4 Å². The van der Waals surface area contributed by atoms with Gasteiger partial charge in [-0.2, -0.15) is 0 Å². The maximum atomic E-state index is 14.0. The van der Waals surface area contributed by atoms with Gasteiger partial charge in [-0.15, -0.1) is 11.8 Å². The minimum Gasteiger partial charge on any atom is -0.483 e. The van der Waals surface area contributed by atoms with Crippen LogP contribution in [0.5, 0.6) is 5.75 Å². The number of thiazole rings is 1. The topological polar surface area (TPSA) is 109 Å². The number of carbonyl (C=O) groups excluding carboxylic acids is 3. The van der Waals surface area contributed by atoms with E-state index in [1.54, 1.807) is 23.9 Å². The number of ether oxygens (including phenoxy) is 1. The van der Waals surface area contributed by atoms with Crippen molar-refractivity contribution in [3.05, 3.63) is 102 Å². The summed E-state index contributed by atoms with van der Waals surface area (Å²) in [5, 5.41) is 3.71. The third-order valence-corrected chi connectivity index (χ3v) is 13.1. The zero-order valence-corrected chi connectivity index (χ0v) is 28.2. The molecule has 0 radical (unpaired) electrons. The molecule has 1 aromatic heterocycles. The number of hydrogen-bond donors (Lipinski definition) is 2. The Kier molecular flexibility index (Phi) is 7.31.